The molecule has 2 aliphatic carbocycles. The maximum absolute atomic E-state index is 14.7. The Morgan fingerprint density at radius 1 is 0.514 bits per heavy atom. The quantitative estimate of drug-likeness (QED) is 0.0616. The normalized spacial score (nSPS) is 16.9. The third-order valence-electron chi connectivity index (χ3n) is 14.7. The number of ketones is 4. The lowest BCUT2D eigenvalue weighted by Gasteiger charge is -2.38. The van der Waals surface area contributed by atoms with E-state index >= 15 is 0 Å². The van der Waals surface area contributed by atoms with Gasteiger partial charge in [-0.1, -0.05) is 124 Å². The molecule has 0 aliphatic heterocycles. The minimum atomic E-state index is -1.33. The van der Waals surface area contributed by atoms with Crippen molar-refractivity contribution < 1.29 is 39.6 Å². The molecule has 70 heavy (non-hydrogen) atoms. The number of allylic oxidation sites excluding steroid dienone is 6. The van der Waals surface area contributed by atoms with Crippen molar-refractivity contribution in [3.63, 3.8) is 0 Å². The van der Waals surface area contributed by atoms with Gasteiger partial charge < -0.3 is 20.4 Å². The third kappa shape index (κ3) is 14.7. The molecule has 0 spiro atoms. The molecular formula is C60H84Cl2O8. The maximum Gasteiger partial charge on any atom is 0.183 e. The molecule has 8 nitrogen and oxygen atoms in total. The third-order valence-corrected chi connectivity index (χ3v) is 15.3. The van der Waals surface area contributed by atoms with Gasteiger partial charge in [0.05, 0.1) is 10.8 Å². The van der Waals surface area contributed by atoms with E-state index in [1.165, 1.54) is 0 Å². The lowest BCUT2D eigenvalue weighted by Crippen LogP contribution is -2.41. The Balaban J connectivity index is 1.61. The van der Waals surface area contributed by atoms with Crippen molar-refractivity contribution >= 4 is 46.3 Å². The zero-order valence-corrected chi connectivity index (χ0v) is 45.7. The molecule has 0 amide bonds. The molecule has 2 aromatic carbocycles. The second-order valence-electron chi connectivity index (χ2n) is 22.8. The number of rotatable bonds is 28. The van der Waals surface area contributed by atoms with Crippen LogP contribution in [0.15, 0.2) is 87.8 Å². The predicted octanol–water partition coefficient (Wildman–Crippen LogP) is 16.2. The highest BCUT2D eigenvalue weighted by molar-refractivity contribution is 6.31. The van der Waals surface area contributed by atoms with Crippen molar-refractivity contribution in [3.8, 4) is 0 Å². The monoisotopic (exact) mass is 1000 g/mol. The van der Waals surface area contributed by atoms with E-state index in [1.807, 2.05) is 30.3 Å². The summed E-state index contributed by atoms with van der Waals surface area (Å²) in [6.45, 7) is 22.8. The summed E-state index contributed by atoms with van der Waals surface area (Å²) >= 11 is 13.2. The number of aliphatic hydroxyl groups excluding tert-OH is 4. The topological polar surface area (TPSA) is 149 Å². The molecule has 10 heteroatoms. The number of Topliss-reactive ketones (excluding diaryl/α,β-unsaturated/α-hetero) is 4. The highest BCUT2D eigenvalue weighted by Gasteiger charge is 2.52. The van der Waals surface area contributed by atoms with Gasteiger partial charge in [-0.2, -0.15) is 0 Å². The molecule has 0 radical (unpaired) electrons. The van der Waals surface area contributed by atoms with Crippen LogP contribution in [-0.4, -0.2) is 43.6 Å². The smallest absolute Gasteiger partial charge is 0.183 e. The molecule has 2 aromatic rings. The van der Waals surface area contributed by atoms with Gasteiger partial charge in [-0.25, -0.2) is 0 Å². The molecule has 386 valence electrons. The predicted molar refractivity (Wildman–Crippen MR) is 286 cm³/mol. The van der Waals surface area contributed by atoms with Gasteiger partial charge in [-0.15, -0.1) is 0 Å². The second-order valence-corrected chi connectivity index (χ2v) is 23.7. The average molecular weight is 1000 g/mol. The molecule has 0 saturated heterocycles. The van der Waals surface area contributed by atoms with E-state index in [2.05, 4.69) is 76.2 Å². The van der Waals surface area contributed by atoms with Crippen LogP contribution in [-0.2, 0) is 38.4 Å². The van der Waals surface area contributed by atoms with Crippen LogP contribution in [0.3, 0.4) is 0 Å². The first-order valence-corrected chi connectivity index (χ1v) is 27.0. The Labute approximate surface area is 430 Å². The Morgan fingerprint density at radius 3 is 1.34 bits per heavy atom. The molecular weight excluding hydrogens is 920 g/mol. The van der Waals surface area contributed by atoms with Gasteiger partial charge in [-0.05, 0) is 167 Å². The van der Waals surface area contributed by atoms with Gasteiger partial charge in [0.25, 0.3) is 0 Å². The van der Waals surface area contributed by atoms with Crippen molar-refractivity contribution in [1.82, 2.24) is 0 Å². The fourth-order valence-corrected chi connectivity index (χ4v) is 10.6. The summed E-state index contributed by atoms with van der Waals surface area (Å²) in [4.78, 5) is 57.8. The first kappa shape index (κ1) is 58.4. The summed E-state index contributed by atoms with van der Waals surface area (Å²) in [7, 11) is 0. The molecule has 0 aromatic heterocycles. The lowest BCUT2D eigenvalue weighted by molar-refractivity contribution is -0.131. The largest absolute Gasteiger partial charge is 0.511 e. The van der Waals surface area contributed by atoms with E-state index in [4.69, 9.17) is 23.2 Å². The number of carbonyl (C=O) groups is 4. The number of halogens is 2. The van der Waals surface area contributed by atoms with Crippen molar-refractivity contribution in [2.24, 2.45) is 46.3 Å². The van der Waals surface area contributed by atoms with Gasteiger partial charge in [0.1, 0.15) is 34.2 Å². The van der Waals surface area contributed by atoms with Crippen LogP contribution in [0.25, 0.3) is 0 Å². The van der Waals surface area contributed by atoms with Crippen LogP contribution >= 0.6 is 23.2 Å². The van der Waals surface area contributed by atoms with Crippen molar-refractivity contribution in [2.45, 2.75) is 185 Å². The molecule has 1 unspecified atom stereocenters. The number of hydrogen-bond acceptors (Lipinski definition) is 8. The number of hydrogen-bond donors (Lipinski definition) is 4. The van der Waals surface area contributed by atoms with Crippen LogP contribution in [0.4, 0.5) is 0 Å². The molecule has 0 heterocycles. The van der Waals surface area contributed by atoms with Crippen LogP contribution in [0.5, 0.6) is 0 Å². The van der Waals surface area contributed by atoms with Gasteiger partial charge in [0.15, 0.2) is 23.1 Å². The van der Waals surface area contributed by atoms with Crippen molar-refractivity contribution in [2.75, 3.05) is 0 Å². The zero-order chi connectivity index (χ0) is 52.2. The van der Waals surface area contributed by atoms with E-state index in [1.54, 1.807) is 12.1 Å². The number of carbonyl (C=O) groups excluding carboxylic acids is 4. The number of aliphatic hydroxyl groups is 4. The van der Waals surface area contributed by atoms with Gasteiger partial charge >= 0.3 is 0 Å². The minimum Gasteiger partial charge on any atom is -0.511 e. The van der Waals surface area contributed by atoms with Crippen LogP contribution in [0.1, 0.15) is 183 Å². The summed E-state index contributed by atoms with van der Waals surface area (Å²) in [5.74, 6) is -1.71. The first-order chi connectivity index (χ1) is 32.8. The van der Waals surface area contributed by atoms with Crippen LogP contribution < -0.4 is 0 Å². The fraction of sp³-hybridized carbons (Fsp3) is 0.600. The van der Waals surface area contributed by atoms with E-state index < -0.39 is 45.5 Å². The summed E-state index contributed by atoms with van der Waals surface area (Å²) in [6, 6.07) is 12.9. The Kier molecular flexibility index (Phi) is 21.7. The second kappa shape index (κ2) is 26.0. The van der Waals surface area contributed by atoms with E-state index in [-0.39, 0.29) is 89.4 Å². The molecule has 2 aliphatic rings. The summed E-state index contributed by atoms with van der Waals surface area (Å²) in [6.07, 6.45) is 6.94. The molecule has 4 rings (SSSR count). The molecule has 1 atom stereocenters. The highest BCUT2D eigenvalue weighted by Crippen LogP contribution is 2.50. The molecule has 0 fully saturated rings. The first-order valence-electron chi connectivity index (χ1n) is 26.2. The molecule has 4 N–H and O–H groups in total. The fourth-order valence-electron chi connectivity index (χ4n) is 10.1. The van der Waals surface area contributed by atoms with Crippen molar-refractivity contribution in [3.05, 3.63) is 115 Å². The molecule has 0 saturated carbocycles. The number of benzene rings is 2. The molecule has 0 bridgehead atoms. The minimum absolute atomic E-state index is 0.00531. The van der Waals surface area contributed by atoms with E-state index in [0.29, 0.717) is 99.1 Å². The van der Waals surface area contributed by atoms with Crippen molar-refractivity contribution in [1.29, 1.82) is 0 Å². The SMILES string of the molecule is CC(C)CCC1=C(O)C(CCC(C)C)(CCC(C)C)C(=O)C(C(=O)CCc2cc(Cl)cc(CC(C)CCC3=C(O)C(CCC(C)C)(CCC(C)C)C(=O)C(C(=O)CCc4ccccc4Cl)=C3O)c2)=C1O. The Morgan fingerprint density at radius 2 is 0.914 bits per heavy atom. The Hall–Kier alpha value is -4.14. The maximum atomic E-state index is 14.7. The lowest BCUT2D eigenvalue weighted by atomic mass is 9.64. The van der Waals surface area contributed by atoms with Crippen LogP contribution in [0.2, 0.25) is 10.0 Å². The van der Waals surface area contributed by atoms with Crippen LogP contribution in [0, 0.1) is 46.3 Å². The van der Waals surface area contributed by atoms with E-state index in [0.717, 1.165) is 16.7 Å². The van der Waals surface area contributed by atoms with Gasteiger partial charge in [0.2, 0.25) is 0 Å². The standard InChI is InChI=1S/C60H84Cl2O8/c1-36(2)16-20-46-53(65)51(57(69)59(55(46)67,28-24-37(3)4)29-25-38(5)6)49(63)22-18-42-33-43(35-45(61)34-42)32-41(11)17-21-47-54(66)52(50(64)23-19-44-14-12-13-15-48(44)62)58(70)60(56(47)68,30-26-39(7)8)31-27-40(9)10/h12-15,33-41,65-68H,16-32H2,1-11H3. The van der Waals surface area contributed by atoms with Gasteiger partial charge in [0, 0.05) is 34.0 Å². The number of aryl methyl sites for hydroxylation is 2. The summed E-state index contributed by atoms with van der Waals surface area (Å²) in [5.41, 5.74) is -0.0159. The van der Waals surface area contributed by atoms with Gasteiger partial charge in [-0.3, -0.25) is 19.2 Å². The average Bonchev–Trinajstić information content (AvgIpc) is 3.27. The zero-order valence-electron chi connectivity index (χ0n) is 44.2. The highest BCUT2D eigenvalue weighted by atomic mass is 35.5. The Bertz CT molecular complexity index is 2300. The summed E-state index contributed by atoms with van der Waals surface area (Å²) < 4.78 is 0. The summed E-state index contributed by atoms with van der Waals surface area (Å²) in [5, 5.41) is 48.7. The van der Waals surface area contributed by atoms with E-state index in [9.17, 15) is 39.6 Å².